The largest absolute Gasteiger partial charge is 0.481 e. The molecule has 7 heteroatoms. The molecule has 4 N–H and O–H groups in total. The Labute approximate surface area is 91.0 Å². The Balaban J connectivity index is -0.000000405. The summed E-state index contributed by atoms with van der Waals surface area (Å²) in [5.41, 5.74) is 5.00. The Morgan fingerprint density at radius 2 is 1.75 bits per heavy atom. The number of carbonyl (C=O) groups is 2. The SMILES string of the molecule is NC(CCC(=O)O)C(=O)O.[B].[Zr]. The van der Waals surface area contributed by atoms with Crippen LogP contribution >= 0.6 is 0 Å². The van der Waals surface area contributed by atoms with E-state index in [9.17, 15) is 9.59 Å². The first-order chi connectivity index (χ1) is 4.54. The summed E-state index contributed by atoms with van der Waals surface area (Å²) in [5.74, 6) is -2.20. The summed E-state index contributed by atoms with van der Waals surface area (Å²) in [7, 11) is 0. The van der Waals surface area contributed by atoms with Crippen LogP contribution in [0.2, 0.25) is 0 Å². The average Bonchev–Trinajstić information content (AvgIpc) is 1.82. The number of aliphatic carboxylic acids is 2. The first kappa shape index (κ1) is 17.8. The van der Waals surface area contributed by atoms with Gasteiger partial charge in [-0.15, -0.1) is 0 Å². The summed E-state index contributed by atoms with van der Waals surface area (Å²) in [6, 6.07) is -1.06. The van der Waals surface area contributed by atoms with E-state index in [1.807, 2.05) is 0 Å². The fourth-order valence-corrected chi connectivity index (χ4v) is 0.402. The van der Waals surface area contributed by atoms with Crippen molar-refractivity contribution in [1.29, 1.82) is 0 Å². The van der Waals surface area contributed by atoms with Crippen LogP contribution in [-0.2, 0) is 35.8 Å². The molecular weight excluding hydrogens is 240 g/mol. The standard InChI is InChI=1S/C5H9NO4.B.Zr/c6-3(5(9)10)1-2-4(7)8;;/h3H,1-2,6H2,(H,7,8)(H,9,10);;. The monoisotopic (exact) mass is 248 g/mol. The minimum Gasteiger partial charge on any atom is -0.481 e. The van der Waals surface area contributed by atoms with Gasteiger partial charge in [-0.05, 0) is 6.42 Å². The van der Waals surface area contributed by atoms with Crippen molar-refractivity contribution >= 4 is 20.4 Å². The van der Waals surface area contributed by atoms with Gasteiger partial charge in [-0.2, -0.15) is 0 Å². The summed E-state index contributed by atoms with van der Waals surface area (Å²) in [6.45, 7) is 0. The second kappa shape index (κ2) is 8.94. The molecule has 12 heavy (non-hydrogen) atoms. The summed E-state index contributed by atoms with van der Waals surface area (Å²) in [6.07, 6.45) is -0.224. The van der Waals surface area contributed by atoms with Crippen LogP contribution in [0.3, 0.4) is 0 Å². The van der Waals surface area contributed by atoms with Crippen molar-refractivity contribution < 1.29 is 46.0 Å². The van der Waals surface area contributed by atoms with Crippen LogP contribution in [-0.4, -0.2) is 36.6 Å². The zero-order valence-electron chi connectivity index (χ0n) is 6.36. The topological polar surface area (TPSA) is 101 Å². The second-order valence-corrected chi connectivity index (χ2v) is 1.88. The van der Waals surface area contributed by atoms with E-state index >= 15 is 0 Å². The van der Waals surface area contributed by atoms with Gasteiger partial charge < -0.3 is 15.9 Å². The smallest absolute Gasteiger partial charge is 0.320 e. The van der Waals surface area contributed by atoms with Gasteiger partial charge in [-0.25, -0.2) is 0 Å². The molecule has 0 aliphatic heterocycles. The van der Waals surface area contributed by atoms with Gasteiger partial charge in [0.2, 0.25) is 0 Å². The third-order valence-corrected chi connectivity index (χ3v) is 0.986. The van der Waals surface area contributed by atoms with E-state index in [1.165, 1.54) is 0 Å². The molecule has 0 aromatic heterocycles. The zero-order valence-corrected chi connectivity index (χ0v) is 8.82. The third-order valence-electron chi connectivity index (χ3n) is 0.986. The number of carboxylic acids is 2. The normalized spacial score (nSPS) is 10.4. The van der Waals surface area contributed by atoms with Crippen molar-refractivity contribution in [2.24, 2.45) is 5.73 Å². The van der Waals surface area contributed by atoms with Gasteiger partial charge in [0.1, 0.15) is 6.04 Å². The van der Waals surface area contributed by atoms with Crippen molar-refractivity contribution in [2.75, 3.05) is 0 Å². The zero-order chi connectivity index (χ0) is 8.15. The Morgan fingerprint density at radius 1 is 1.33 bits per heavy atom. The minimum absolute atomic E-state index is 0. The molecule has 0 heterocycles. The van der Waals surface area contributed by atoms with E-state index < -0.39 is 18.0 Å². The molecular formula is C5H9BNO4Zr. The van der Waals surface area contributed by atoms with Crippen LogP contribution in [0.5, 0.6) is 0 Å². The van der Waals surface area contributed by atoms with Crippen LogP contribution in [0, 0.1) is 0 Å². The number of rotatable bonds is 4. The van der Waals surface area contributed by atoms with Gasteiger partial charge in [-0.1, -0.05) is 0 Å². The average molecular weight is 249 g/mol. The molecule has 3 radical (unpaired) electrons. The van der Waals surface area contributed by atoms with Crippen LogP contribution in [0.1, 0.15) is 12.8 Å². The fraction of sp³-hybridized carbons (Fsp3) is 0.600. The molecule has 0 rings (SSSR count). The molecule has 0 fully saturated rings. The fourth-order valence-electron chi connectivity index (χ4n) is 0.402. The number of nitrogens with two attached hydrogens (primary N) is 1. The van der Waals surface area contributed by atoms with Crippen LogP contribution < -0.4 is 5.73 Å². The second-order valence-electron chi connectivity index (χ2n) is 1.88. The maximum absolute atomic E-state index is 9.99. The predicted octanol–water partition coefficient (Wildman–Crippen LogP) is -1.12. The Morgan fingerprint density at radius 3 is 2.00 bits per heavy atom. The Hall–Kier alpha value is -0.152. The molecule has 0 aromatic rings. The summed E-state index contributed by atoms with van der Waals surface area (Å²) in [5, 5.41) is 16.3. The van der Waals surface area contributed by atoms with Crippen molar-refractivity contribution in [3.05, 3.63) is 0 Å². The van der Waals surface area contributed by atoms with Gasteiger partial charge in [0, 0.05) is 41.0 Å². The molecule has 0 aliphatic rings. The van der Waals surface area contributed by atoms with E-state index in [1.54, 1.807) is 0 Å². The van der Waals surface area contributed by atoms with Gasteiger partial charge in [0.05, 0.1) is 0 Å². The van der Waals surface area contributed by atoms with E-state index in [0.29, 0.717) is 0 Å². The van der Waals surface area contributed by atoms with Gasteiger partial charge in [0.15, 0.2) is 0 Å². The predicted molar refractivity (Wildman–Crippen MR) is 38.2 cm³/mol. The molecule has 5 nitrogen and oxygen atoms in total. The molecule has 0 spiro atoms. The van der Waals surface area contributed by atoms with Crippen molar-refractivity contribution in [3.8, 4) is 0 Å². The first-order valence-corrected chi connectivity index (χ1v) is 2.74. The number of hydrogen-bond donors (Lipinski definition) is 3. The van der Waals surface area contributed by atoms with E-state index in [-0.39, 0.29) is 47.5 Å². The van der Waals surface area contributed by atoms with E-state index in [0.717, 1.165) is 0 Å². The van der Waals surface area contributed by atoms with Crippen molar-refractivity contribution in [3.63, 3.8) is 0 Å². The maximum atomic E-state index is 9.99. The molecule has 0 aromatic carbocycles. The molecule has 0 amide bonds. The number of carboxylic acid groups (broad SMARTS) is 2. The van der Waals surface area contributed by atoms with Gasteiger partial charge in [-0.3, -0.25) is 9.59 Å². The molecule has 0 bridgehead atoms. The molecule has 1 unspecified atom stereocenters. The summed E-state index contributed by atoms with van der Waals surface area (Å²) < 4.78 is 0. The molecule has 1 atom stereocenters. The number of hydrogen-bond acceptors (Lipinski definition) is 3. The maximum Gasteiger partial charge on any atom is 0.320 e. The molecule has 0 saturated heterocycles. The Bertz CT molecular complexity index is 154. The Kier molecular flexibility index (Phi) is 13.3. The van der Waals surface area contributed by atoms with E-state index in [4.69, 9.17) is 15.9 Å². The van der Waals surface area contributed by atoms with Crippen molar-refractivity contribution in [1.82, 2.24) is 0 Å². The third kappa shape index (κ3) is 9.85. The van der Waals surface area contributed by atoms with E-state index in [2.05, 4.69) is 0 Å². The molecule has 65 valence electrons. The van der Waals surface area contributed by atoms with Gasteiger partial charge in [0.25, 0.3) is 0 Å². The quantitative estimate of drug-likeness (QED) is 0.548. The van der Waals surface area contributed by atoms with Crippen LogP contribution in [0.25, 0.3) is 0 Å². The summed E-state index contributed by atoms with van der Waals surface area (Å²) >= 11 is 0. The van der Waals surface area contributed by atoms with Gasteiger partial charge >= 0.3 is 11.9 Å². The van der Waals surface area contributed by atoms with Crippen LogP contribution in [0.4, 0.5) is 0 Å². The van der Waals surface area contributed by atoms with Crippen LogP contribution in [0.15, 0.2) is 0 Å². The first-order valence-electron chi connectivity index (χ1n) is 2.74. The minimum atomic E-state index is -1.17. The van der Waals surface area contributed by atoms with Crippen molar-refractivity contribution in [2.45, 2.75) is 18.9 Å². The molecule has 0 saturated carbocycles. The molecule has 0 aliphatic carbocycles. The summed E-state index contributed by atoms with van der Waals surface area (Å²) in [4.78, 5) is 19.9.